The average molecular weight is 625 g/mol. The van der Waals surface area contributed by atoms with Crippen molar-refractivity contribution in [2.45, 2.75) is 25.5 Å². The van der Waals surface area contributed by atoms with Crippen LogP contribution in [0.25, 0.3) is 22.2 Å². The Hall–Kier alpha value is -4.80. The first-order valence-electron chi connectivity index (χ1n) is 14.7. The lowest BCUT2D eigenvalue weighted by Gasteiger charge is -2.39. The van der Waals surface area contributed by atoms with Gasteiger partial charge in [-0.1, -0.05) is 41.9 Å². The molecule has 1 saturated heterocycles. The summed E-state index contributed by atoms with van der Waals surface area (Å²) in [6, 6.07) is 19.5. The Morgan fingerprint density at radius 1 is 0.978 bits per heavy atom. The van der Waals surface area contributed by atoms with E-state index in [1.807, 2.05) is 4.90 Å². The number of carbonyl (C=O) groups is 1. The fraction of sp³-hybridized carbons (Fsp3) is 0.235. The van der Waals surface area contributed by atoms with Crippen LogP contribution in [0.15, 0.2) is 83.8 Å². The molecular formula is C34H30ClFN6O3. The fourth-order valence-electron chi connectivity index (χ4n) is 6.16. The Balaban J connectivity index is 1.37. The number of piperazine rings is 1. The molecule has 0 spiro atoms. The van der Waals surface area contributed by atoms with Gasteiger partial charge in [-0.25, -0.2) is 9.37 Å². The van der Waals surface area contributed by atoms with Crippen LogP contribution in [0.1, 0.15) is 30.2 Å². The maximum atomic E-state index is 15.2. The van der Waals surface area contributed by atoms with Gasteiger partial charge in [0, 0.05) is 59.6 Å². The van der Waals surface area contributed by atoms with Crippen molar-refractivity contribution in [1.29, 1.82) is 0 Å². The van der Waals surface area contributed by atoms with Gasteiger partial charge in [-0.3, -0.25) is 14.2 Å². The van der Waals surface area contributed by atoms with Crippen molar-refractivity contribution in [3.8, 4) is 16.9 Å². The average Bonchev–Trinajstić information content (AvgIpc) is 3.02. The molecule has 228 valence electrons. The van der Waals surface area contributed by atoms with Crippen molar-refractivity contribution in [2.75, 3.05) is 36.4 Å². The van der Waals surface area contributed by atoms with E-state index in [1.54, 1.807) is 86.8 Å². The molecule has 0 bridgehead atoms. The molecule has 1 fully saturated rings. The number of ether oxygens (including phenoxy) is 1. The second-order valence-electron chi connectivity index (χ2n) is 11.7. The van der Waals surface area contributed by atoms with E-state index in [9.17, 15) is 9.59 Å². The van der Waals surface area contributed by atoms with E-state index in [1.165, 1.54) is 10.6 Å². The smallest absolute Gasteiger partial charge is 0.260 e. The Bertz CT molecular complexity index is 2020. The summed E-state index contributed by atoms with van der Waals surface area (Å²) in [6.07, 6.45) is 1.57. The lowest BCUT2D eigenvalue weighted by atomic mass is 9.86. The number of halogens is 2. The molecule has 2 aliphatic rings. The second kappa shape index (κ2) is 11.3. The van der Waals surface area contributed by atoms with Gasteiger partial charge in [-0.2, -0.15) is 4.98 Å². The normalized spacial score (nSPS) is 17.6. The highest BCUT2D eigenvalue weighted by Gasteiger charge is 2.46. The number of Topliss-reactive ketones (excluding diaryl/α,β-unsaturated/α-hetero) is 1. The zero-order valence-corrected chi connectivity index (χ0v) is 25.4. The zero-order chi connectivity index (χ0) is 31.3. The first kappa shape index (κ1) is 28.9. The SMILES string of the molecule is CC1(C)Oc2ccccc2C(=O)C1n1c(=O)c(-c2ccccc2Cl)cc2cnc(Nc3ccc(N4CCNCC4)c(F)c3)nc21. The van der Waals surface area contributed by atoms with Gasteiger partial charge >= 0.3 is 0 Å². The predicted octanol–water partition coefficient (Wildman–Crippen LogP) is 6.00. The minimum atomic E-state index is -1.12. The maximum absolute atomic E-state index is 15.2. The molecule has 2 aliphatic heterocycles. The second-order valence-corrected chi connectivity index (χ2v) is 12.1. The van der Waals surface area contributed by atoms with Crippen molar-refractivity contribution in [2.24, 2.45) is 0 Å². The number of benzene rings is 3. The third-order valence-corrected chi connectivity index (χ3v) is 8.62. The van der Waals surface area contributed by atoms with Crippen LogP contribution in [0, 0.1) is 5.82 Å². The number of anilines is 3. The number of hydrogen-bond donors (Lipinski definition) is 2. The number of para-hydroxylation sites is 1. The molecule has 9 nitrogen and oxygen atoms in total. The number of hydrogen-bond acceptors (Lipinski definition) is 8. The molecule has 5 aromatic rings. The van der Waals surface area contributed by atoms with E-state index in [2.05, 4.69) is 15.6 Å². The van der Waals surface area contributed by atoms with Gasteiger partial charge in [-0.05, 0) is 56.3 Å². The van der Waals surface area contributed by atoms with Crippen LogP contribution in [0.5, 0.6) is 5.75 Å². The molecule has 2 aromatic heterocycles. The number of nitrogens with zero attached hydrogens (tertiary/aromatic N) is 4. The van der Waals surface area contributed by atoms with Crippen LogP contribution < -0.4 is 25.8 Å². The number of ketones is 1. The lowest BCUT2D eigenvalue weighted by molar-refractivity contribution is 0.0305. The van der Waals surface area contributed by atoms with E-state index >= 15 is 4.39 Å². The summed E-state index contributed by atoms with van der Waals surface area (Å²) >= 11 is 6.54. The topological polar surface area (TPSA) is 101 Å². The molecule has 2 N–H and O–H groups in total. The summed E-state index contributed by atoms with van der Waals surface area (Å²) in [5.74, 6) is -0.0564. The van der Waals surface area contributed by atoms with Crippen LogP contribution in [0.4, 0.5) is 21.7 Å². The highest BCUT2D eigenvalue weighted by Crippen LogP contribution is 2.40. The molecular weight excluding hydrogens is 595 g/mol. The number of aromatic nitrogens is 3. The summed E-state index contributed by atoms with van der Waals surface area (Å²) in [6.45, 7) is 6.57. The van der Waals surface area contributed by atoms with Gasteiger partial charge in [0.15, 0.2) is 5.78 Å². The molecule has 0 amide bonds. The number of rotatable bonds is 5. The summed E-state index contributed by atoms with van der Waals surface area (Å²) in [5.41, 5.74) is 0.802. The van der Waals surface area contributed by atoms with Crippen LogP contribution in [0.2, 0.25) is 5.02 Å². The van der Waals surface area contributed by atoms with Gasteiger partial charge in [0.25, 0.3) is 5.56 Å². The third-order valence-electron chi connectivity index (χ3n) is 8.29. The van der Waals surface area contributed by atoms with E-state index in [-0.39, 0.29) is 23.2 Å². The Labute approximate surface area is 263 Å². The van der Waals surface area contributed by atoms with Gasteiger partial charge in [-0.15, -0.1) is 0 Å². The third kappa shape index (κ3) is 5.19. The Morgan fingerprint density at radius 2 is 1.71 bits per heavy atom. The highest BCUT2D eigenvalue weighted by molar-refractivity contribution is 6.33. The van der Waals surface area contributed by atoms with Gasteiger partial charge in [0.05, 0.1) is 11.3 Å². The molecule has 45 heavy (non-hydrogen) atoms. The van der Waals surface area contributed by atoms with Crippen LogP contribution >= 0.6 is 11.6 Å². The summed E-state index contributed by atoms with van der Waals surface area (Å²) < 4.78 is 22.9. The van der Waals surface area contributed by atoms with E-state index in [0.29, 0.717) is 44.2 Å². The quantitative estimate of drug-likeness (QED) is 0.246. The molecule has 3 aromatic carbocycles. The van der Waals surface area contributed by atoms with Crippen LogP contribution in [-0.2, 0) is 0 Å². The number of fused-ring (bicyclic) bond motifs is 2. The largest absolute Gasteiger partial charge is 0.484 e. The molecule has 4 heterocycles. The predicted molar refractivity (Wildman–Crippen MR) is 174 cm³/mol. The highest BCUT2D eigenvalue weighted by atomic mass is 35.5. The van der Waals surface area contributed by atoms with Crippen molar-refractivity contribution in [3.05, 3.63) is 106 Å². The molecule has 0 aliphatic carbocycles. The standard InChI is InChI=1S/C34H30ClFN6O3/c1-34(2)30(29(43)23-8-4-6-10-28(23)45-34)42-31-20(17-24(32(42)44)22-7-3-5-9-25(22)35)19-38-33(40-31)39-21-11-12-27(26(36)18-21)41-15-13-37-14-16-41/h3-12,17-19,30,37H,13-16H2,1-2H3,(H,38,39,40). The van der Waals surface area contributed by atoms with Gasteiger partial charge in [0.2, 0.25) is 5.95 Å². The molecule has 7 rings (SSSR count). The van der Waals surface area contributed by atoms with Crippen LogP contribution in [0.3, 0.4) is 0 Å². The van der Waals surface area contributed by atoms with Gasteiger partial charge in [0.1, 0.15) is 28.9 Å². The summed E-state index contributed by atoms with van der Waals surface area (Å²) in [7, 11) is 0. The monoisotopic (exact) mass is 624 g/mol. The van der Waals surface area contributed by atoms with E-state index < -0.39 is 17.2 Å². The minimum absolute atomic E-state index is 0.137. The van der Waals surface area contributed by atoms with Crippen molar-refractivity contribution < 1.29 is 13.9 Å². The van der Waals surface area contributed by atoms with E-state index in [4.69, 9.17) is 21.3 Å². The molecule has 1 atom stereocenters. The first-order valence-corrected chi connectivity index (χ1v) is 15.1. The molecule has 11 heteroatoms. The van der Waals surface area contributed by atoms with Crippen molar-refractivity contribution >= 4 is 45.7 Å². The van der Waals surface area contributed by atoms with Crippen molar-refractivity contribution in [3.63, 3.8) is 0 Å². The Kier molecular flexibility index (Phi) is 7.26. The van der Waals surface area contributed by atoms with Gasteiger partial charge < -0.3 is 20.3 Å². The van der Waals surface area contributed by atoms with Crippen molar-refractivity contribution in [1.82, 2.24) is 19.9 Å². The molecule has 0 saturated carbocycles. The zero-order valence-electron chi connectivity index (χ0n) is 24.7. The fourth-order valence-corrected chi connectivity index (χ4v) is 6.40. The summed E-state index contributed by atoms with van der Waals surface area (Å²) in [5, 5.41) is 7.25. The van der Waals surface area contributed by atoms with E-state index in [0.717, 1.165) is 26.2 Å². The summed E-state index contributed by atoms with van der Waals surface area (Å²) in [4.78, 5) is 39.8. The maximum Gasteiger partial charge on any atom is 0.260 e. The minimum Gasteiger partial charge on any atom is -0.484 e. The molecule has 1 unspecified atom stereocenters. The lowest BCUT2D eigenvalue weighted by Crippen LogP contribution is -2.50. The Morgan fingerprint density at radius 3 is 2.47 bits per heavy atom. The number of pyridine rings is 1. The molecule has 0 radical (unpaired) electrons. The first-order chi connectivity index (χ1) is 21.7. The number of carbonyl (C=O) groups excluding carboxylic acids is 1. The number of nitrogens with one attached hydrogen (secondary N) is 2. The van der Waals surface area contributed by atoms with Crippen LogP contribution in [-0.4, -0.2) is 52.1 Å².